The number of amides is 1. The molecule has 0 aliphatic heterocycles. The molecule has 1 amide bonds. The zero-order chi connectivity index (χ0) is 15.8. The lowest BCUT2D eigenvalue weighted by Gasteiger charge is -2.10. The van der Waals surface area contributed by atoms with E-state index < -0.39 is 0 Å². The van der Waals surface area contributed by atoms with E-state index in [0.717, 1.165) is 19.3 Å². The maximum absolute atomic E-state index is 11.9. The third kappa shape index (κ3) is 5.32. The van der Waals surface area contributed by atoms with Crippen molar-refractivity contribution in [2.75, 3.05) is 0 Å². The van der Waals surface area contributed by atoms with Crippen LogP contribution in [0.1, 0.15) is 37.8 Å². The van der Waals surface area contributed by atoms with Crippen LogP contribution >= 0.6 is 0 Å². The van der Waals surface area contributed by atoms with Gasteiger partial charge in [0, 0.05) is 18.2 Å². The Morgan fingerprint density at radius 2 is 1.73 bits per heavy atom. The molecule has 2 aromatic rings. The molecule has 3 nitrogen and oxygen atoms in total. The zero-order valence-electron chi connectivity index (χ0n) is 13.5. The summed E-state index contributed by atoms with van der Waals surface area (Å²) in [6, 6.07) is 14.8. The number of rotatable bonds is 7. The van der Waals surface area contributed by atoms with Gasteiger partial charge in [-0.2, -0.15) is 4.57 Å². The normalized spacial score (nSPS) is 11.9. The van der Waals surface area contributed by atoms with E-state index >= 15 is 0 Å². The van der Waals surface area contributed by atoms with Crippen LogP contribution in [0, 0.1) is 0 Å². The Kier molecular flexibility index (Phi) is 6.13. The summed E-state index contributed by atoms with van der Waals surface area (Å²) in [5, 5.41) is 3.02. The van der Waals surface area contributed by atoms with Crippen molar-refractivity contribution in [1.82, 2.24) is 5.32 Å². The van der Waals surface area contributed by atoms with E-state index in [2.05, 4.69) is 55.6 Å². The maximum atomic E-state index is 11.9. The number of carbonyl (C=O) groups is 1. The molecule has 22 heavy (non-hydrogen) atoms. The van der Waals surface area contributed by atoms with Gasteiger partial charge >= 0.3 is 0 Å². The molecule has 0 aliphatic rings. The highest BCUT2D eigenvalue weighted by atomic mass is 16.2. The maximum Gasteiger partial charge on any atom is 0.286 e. The standard InChI is InChI=1S/C19H24N2O/c1-3-7-16(2)20-19(22)15-21-12-10-18(11-13-21)14-17-8-5-4-6-9-17/h4-6,8-13,16H,3,7,14-15H2,1-2H3/p+1/t16-/m1/s1. The van der Waals surface area contributed by atoms with Gasteiger partial charge in [0.25, 0.3) is 5.91 Å². The molecular weight excluding hydrogens is 272 g/mol. The molecule has 0 saturated carbocycles. The van der Waals surface area contributed by atoms with Gasteiger partial charge in [-0.25, -0.2) is 0 Å². The first-order valence-electron chi connectivity index (χ1n) is 7.98. The van der Waals surface area contributed by atoms with E-state index in [-0.39, 0.29) is 11.9 Å². The van der Waals surface area contributed by atoms with E-state index in [1.807, 2.05) is 23.0 Å². The van der Waals surface area contributed by atoms with Gasteiger partial charge in [-0.05, 0) is 30.9 Å². The number of hydrogen-bond acceptors (Lipinski definition) is 1. The summed E-state index contributed by atoms with van der Waals surface area (Å²) in [7, 11) is 0. The molecule has 1 heterocycles. The molecule has 3 heteroatoms. The number of hydrogen-bond donors (Lipinski definition) is 1. The predicted octanol–water partition coefficient (Wildman–Crippen LogP) is 2.87. The number of aromatic nitrogens is 1. The van der Waals surface area contributed by atoms with Crippen molar-refractivity contribution in [3.8, 4) is 0 Å². The first-order chi connectivity index (χ1) is 10.7. The highest BCUT2D eigenvalue weighted by molar-refractivity contribution is 5.74. The van der Waals surface area contributed by atoms with Gasteiger partial charge in [0.2, 0.25) is 6.54 Å². The fraction of sp³-hybridized carbons (Fsp3) is 0.368. The smallest absolute Gasteiger partial charge is 0.286 e. The summed E-state index contributed by atoms with van der Waals surface area (Å²) < 4.78 is 1.92. The number of nitrogens with one attached hydrogen (secondary N) is 1. The Balaban J connectivity index is 1.88. The van der Waals surface area contributed by atoms with Crippen LogP contribution in [0.2, 0.25) is 0 Å². The van der Waals surface area contributed by atoms with E-state index in [4.69, 9.17) is 0 Å². The third-order valence-corrected chi connectivity index (χ3v) is 3.67. The average molecular weight is 297 g/mol. The monoisotopic (exact) mass is 297 g/mol. The second-order valence-electron chi connectivity index (χ2n) is 5.80. The Labute approximate surface area is 133 Å². The lowest BCUT2D eigenvalue weighted by atomic mass is 10.1. The molecule has 1 atom stereocenters. The summed E-state index contributed by atoms with van der Waals surface area (Å²) in [6.45, 7) is 4.55. The molecule has 0 bridgehead atoms. The fourth-order valence-corrected chi connectivity index (χ4v) is 2.53. The van der Waals surface area contributed by atoms with Crippen LogP contribution in [0.4, 0.5) is 0 Å². The van der Waals surface area contributed by atoms with Crippen LogP contribution in [0.15, 0.2) is 54.9 Å². The quantitative estimate of drug-likeness (QED) is 0.783. The molecular formula is C19H25N2O+. The van der Waals surface area contributed by atoms with Crippen molar-refractivity contribution < 1.29 is 9.36 Å². The second kappa shape index (κ2) is 8.32. The van der Waals surface area contributed by atoms with Crippen molar-refractivity contribution in [2.45, 2.75) is 45.7 Å². The highest BCUT2D eigenvalue weighted by Crippen LogP contribution is 2.07. The zero-order valence-corrected chi connectivity index (χ0v) is 13.5. The minimum atomic E-state index is 0.0711. The van der Waals surface area contributed by atoms with Crippen LogP contribution in [-0.4, -0.2) is 11.9 Å². The molecule has 0 spiro atoms. The van der Waals surface area contributed by atoms with Crippen molar-refractivity contribution >= 4 is 5.91 Å². The van der Waals surface area contributed by atoms with Gasteiger partial charge in [0.1, 0.15) is 0 Å². The molecule has 0 radical (unpaired) electrons. The molecule has 1 aromatic carbocycles. The summed E-state index contributed by atoms with van der Waals surface area (Å²) in [6.07, 6.45) is 6.97. The first-order valence-corrected chi connectivity index (χ1v) is 7.98. The third-order valence-electron chi connectivity index (χ3n) is 3.67. The number of nitrogens with zero attached hydrogens (tertiary/aromatic N) is 1. The van der Waals surface area contributed by atoms with Crippen LogP contribution in [0.3, 0.4) is 0 Å². The number of carbonyl (C=O) groups excluding carboxylic acids is 1. The van der Waals surface area contributed by atoms with Gasteiger partial charge in [-0.1, -0.05) is 43.7 Å². The van der Waals surface area contributed by atoms with E-state index in [0.29, 0.717) is 6.54 Å². The molecule has 1 aromatic heterocycles. The SMILES string of the molecule is CCC[C@@H](C)NC(=O)C[n+]1ccc(Cc2ccccc2)cc1. The summed E-state index contributed by atoms with van der Waals surface area (Å²) >= 11 is 0. The minimum Gasteiger partial charge on any atom is -0.348 e. The average Bonchev–Trinajstić information content (AvgIpc) is 2.50. The van der Waals surface area contributed by atoms with Crippen LogP contribution < -0.4 is 9.88 Å². The molecule has 0 unspecified atom stereocenters. The van der Waals surface area contributed by atoms with Crippen molar-refractivity contribution in [3.05, 3.63) is 66.0 Å². The van der Waals surface area contributed by atoms with Crippen LogP contribution in [-0.2, 0) is 17.8 Å². The molecule has 116 valence electrons. The predicted molar refractivity (Wildman–Crippen MR) is 88.4 cm³/mol. The Morgan fingerprint density at radius 3 is 2.36 bits per heavy atom. The van der Waals surface area contributed by atoms with Crippen molar-refractivity contribution in [3.63, 3.8) is 0 Å². The molecule has 1 N–H and O–H groups in total. The van der Waals surface area contributed by atoms with Gasteiger partial charge in [0.05, 0.1) is 0 Å². The van der Waals surface area contributed by atoms with E-state index in [1.165, 1.54) is 11.1 Å². The van der Waals surface area contributed by atoms with E-state index in [9.17, 15) is 4.79 Å². The Hall–Kier alpha value is -2.16. The molecule has 0 saturated heterocycles. The van der Waals surface area contributed by atoms with E-state index in [1.54, 1.807) is 0 Å². The summed E-state index contributed by atoms with van der Waals surface area (Å²) in [4.78, 5) is 11.9. The van der Waals surface area contributed by atoms with Crippen molar-refractivity contribution in [2.24, 2.45) is 0 Å². The first kappa shape index (κ1) is 16.2. The molecule has 2 rings (SSSR count). The van der Waals surface area contributed by atoms with Crippen LogP contribution in [0.5, 0.6) is 0 Å². The minimum absolute atomic E-state index is 0.0711. The summed E-state index contributed by atoms with van der Waals surface area (Å²) in [5.41, 5.74) is 2.55. The van der Waals surface area contributed by atoms with Crippen molar-refractivity contribution in [1.29, 1.82) is 0 Å². The lowest BCUT2D eigenvalue weighted by molar-refractivity contribution is -0.684. The van der Waals surface area contributed by atoms with Gasteiger partial charge in [-0.3, -0.25) is 4.79 Å². The van der Waals surface area contributed by atoms with Gasteiger partial charge in [0.15, 0.2) is 12.4 Å². The number of benzene rings is 1. The topological polar surface area (TPSA) is 33.0 Å². The largest absolute Gasteiger partial charge is 0.348 e. The fourth-order valence-electron chi connectivity index (χ4n) is 2.53. The number of pyridine rings is 1. The Morgan fingerprint density at radius 1 is 1.09 bits per heavy atom. The molecule has 0 aliphatic carbocycles. The lowest BCUT2D eigenvalue weighted by Crippen LogP contribution is -2.44. The summed E-state index contributed by atoms with van der Waals surface area (Å²) in [5.74, 6) is 0.0711. The van der Waals surface area contributed by atoms with Gasteiger partial charge < -0.3 is 5.32 Å². The highest BCUT2D eigenvalue weighted by Gasteiger charge is 2.11. The Bertz CT molecular complexity index is 578. The molecule has 0 fully saturated rings. The second-order valence-corrected chi connectivity index (χ2v) is 5.80. The van der Waals surface area contributed by atoms with Gasteiger partial charge in [-0.15, -0.1) is 0 Å². The van der Waals surface area contributed by atoms with Crippen LogP contribution in [0.25, 0.3) is 0 Å².